The molecule has 2 aromatic rings. The molecule has 2 N–H and O–H groups in total. The summed E-state index contributed by atoms with van der Waals surface area (Å²) >= 11 is 0. The maximum absolute atomic E-state index is 10.6. The lowest BCUT2D eigenvalue weighted by atomic mass is 10.1. The van der Waals surface area contributed by atoms with Crippen LogP contribution in [0.2, 0.25) is 0 Å². The Morgan fingerprint density at radius 1 is 1.46 bits per heavy atom. The van der Waals surface area contributed by atoms with Crippen molar-refractivity contribution in [3.05, 3.63) is 42.4 Å². The Morgan fingerprint density at radius 3 is 2.92 bits per heavy atom. The highest BCUT2D eigenvalue weighted by atomic mass is 16.4. The van der Waals surface area contributed by atoms with Gasteiger partial charge in [0.05, 0.1) is 5.56 Å². The molecule has 3 heteroatoms. The number of hydrogen-bond donors (Lipinski definition) is 2. The summed E-state index contributed by atoms with van der Waals surface area (Å²) in [4.78, 5) is 13.6. The van der Waals surface area contributed by atoms with Crippen LogP contribution in [0.3, 0.4) is 0 Å². The molecule has 0 atom stereocenters. The fraction of sp³-hybridized carbons (Fsp3) is 0. The lowest BCUT2D eigenvalue weighted by molar-refractivity contribution is 0.0697. The number of carboxylic acid groups (broad SMARTS) is 1. The van der Waals surface area contributed by atoms with Crippen molar-refractivity contribution in [2.24, 2.45) is 0 Å². The van der Waals surface area contributed by atoms with Crippen molar-refractivity contribution in [1.82, 2.24) is 4.98 Å². The molecule has 13 heavy (non-hydrogen) atoms. The van der Waals surface area contributed by atoms with Gasteiger partial charge in [-0.2, -0.15) is 0 Å². The second-order valence-corrected chi connectivity index (χ2v) is 2.88. The molecule has 1 aromatic heterocycles. The van der Waals surface area contributed by atoms with Crippen molar-refractivity contribution in [3.8, 4) is 0 Å². The van der Waals surface area contributed by atoms with Crippen LogP contribution in [0.25, 0.3) is 10.9 Å². The van der Waals surface area contributed by atoms with Crippen molar-refractivity contribution >= 4 is 16.9 Å². The molecule has 0 saturated carbocycles. The molecule has 0 aliphatic heterocycles. The van der Waals surface area contributed by atoms with E-state index in [4.69, 9.17) is 5.11 Å². The van der Waals surface area contributed by atoms with Crippen molar-refractivity contribution in [2.75, 3.05) is 0 Å². The van der Waals surface area contributed by atoms with Crippen LogP contribution in [-0.2, 0) is 0 Å². The molecule has 0 saturated heterocycles. The lowest BCUT2D eigenvalue weighted by Gasteiger charge is -1.94. The Bertz CT molecular complexity index is 471. The van der Waals surface area contributed by atoms with Gasteiger partial charge in [-0.15, -0.1) is 0 Å². The number of hydrogen-bond acceptors (Lipinski definition) is 1. The minimum atomic E-state index is -0.915. The third-order valence-electron chi connectivity index (χ3n) is 2.01. The molecule has 0 spiro atoms. The number of carbonyl (C=O) groups is 1. The van der Waals surface area contributed by atoms with Gasteiger partial charge in [0.15, 0.2) is 0 Å². The number of aromatic amines is 1. The van der Waals surface area contributed by atoms with E-state index in [1.165, 1.54) is 0 Å². The normalized spacial score (nSPS) is 10.5. The quantitative estimate of drug-likeness (QED) is 0.695. The summed E-state index contributed by atoms with van der Waals surface area (Å²) in [6.45, 7) is 3.80. The summed E-state index contributed by atoms with van der Waals surface area (Å²) in [5.41, 5.74) is 1.98. The van der Waals surface area contributed by atoms with Gasteiger partial charge in [0.1, 0.15) is 0 Å². The second kappa shape index (κ2) is 2.62. The molecule has 1 aromatic carbocycles. The van der Waals surface area contributed by atoms with Gasteiger partial charge in [-0.25, -0.2) is 4.79 Å². The van der Waals surface area contributed by atoms with Gasteiger partial charge in [-0.3, -0.25) is 0 Å². The average Bonchev–Trinajstić information content (AvgIpc) is 2.47. The van der Waals surface area contributed by atoms with Crippen LogP contribution in [-0.4, -0.2) is 16.1 Å². The molecule has 2 rings (SSSR count). The number of nitrogens with one attached hydrogen (secondary N) is 1. The highest BCUT2D eigenvalue weighted by molar-refractivity contribution is 5.94. The van der Waals surface area contributed by atoms with Gasteiger partial charge < -0.3 is 10.1 Å². The number of fused-ring (bicyclic) bond motifs is 1. The maximum atomic E-state index is 10.6. The lowest BCUT2D eigenvalue weighted by Crippen LogP contribution is -1.94. The first-order valence-electron chi connectivity index (χ1n) is 3.85. The Morgan fingerprint density at radius 2 is 2.23 bits per heavy atom. The molecule has 0 amide bonds. The Balaban J connectivity index is 2.70. The molecule has 0 unspecified atom stereocenters. The first kappa shape index (κ1) is 7.86. The molecule has 0 aliphatic rings. The molecule has 65 valence electrons. The Labute approximate surface area is 75.0 Å². The first-order valence-corrected chi connectivity index (χ1v) is 3.85. The predicted molar refractivity (Wildman–Crippen MR) is 49.7 cm³/mol. The van der Waals surface area contributed by atoms with Crippen molar-refractivity contribution in [1.29, 1.82) is 0 Å². The number of benzene rings is 1. The SMILES string of the molecule is [CH2]c1c[nH]c2cc(C(=O)O)ccc12. The van der Waals surface area contributed by atoms with E-state index in [-0.39, 0.29) is 5.56 Å². The van der Waals surface area contributed by atoms with E-state index >= 15 is 0 Å². The van der Waals surface area contributed by atoms with E-state index in [0.29, 0.717) is 0 Å². The Hall–Kier alpha value is -1.77. The maximum Gasteiger partial charge on any atom is 0.335 e. The molecule has 0 aliphatic carbocycles. The zero-order chi connectivity index (χ0) is 9.42. The summed E-state index contributed by atoms with van der Waals surface area (Å²) in [5, 5.41) is 9.68. The van der Waals surface area contributed by atoms with Gasteiger partial charge in [-0.05, 0) is 24.6 Å². The molecule has 0 fully saturated rings. The monoisotopic (exact) mass is 174 g/mol. The van der Waals surface area contributed by atoms with Crippen LogP contribution < -0.4 is 0 Å². The number of H-pyrrole nitrogens is 1. The van der Waals surface area contributed by atoms with Crippen LogP contribution in [0, 0.1) is 6.92 Å². The van der Waals surface area contributed by atoms with Crippen LogP contribution in [0.4, 0.5) is 0 Å². The van der Waals surface area contributed by atoms with Crippen LogP contribution >= 0.6 is 0 Å². The second-order valence-electron chi connectivity index (χ2n) is 2.88. The standard InChI is InChI=1S/C10H8NO2/c1-6-5-11-9-4-7(10(12)13)2-3-8(6)9/h2-5,11H,1H2,(H,12,13). The van der Waals surface area contributed by atoms with E-state index in [1.54, 1.807) is 24.4 Å². The number of carboxylic acids is 1. The van der Waals surface area contributed by atoms with Gasteiger partial charge >= 0.3 is 5.97 Å². The van der Waals surface area contributed by atoms with Crippen molar-refractivity contribution < 1.29 is 9.90 Å². The zero-order valence-corrected chi connectivity index (χ0v) is 6.87. The van der Waals surface area contributed by atoms with Crippen LogP contribution in [0.5, 0.6) is 0 Å². The molecule has 0 bridgehead atoms. The van der Waals surface area contributed by atoms with Crippen molar-refractivity contribution in [3.63, 3.8) is 0 Å². The van der Waals surface area contributed by atoms with Crippen molar-refractivity contribution in [2.45, 2.75) is 0 Å². The van der Waals surface area contributed by atoms with Gasteiger partial charge in [-0.1, -0.05) is 6.07 Å². The molecule has 3 nitrogen and oxygen atoms in total. The first-order chi connectivity index (χ1) is 6.18. The Kier molecular flexibility index (Phi) is 1.59. The summed E-state index contributed by atoms with van der Waals surface area (Å²) in [5.74, 6) is -0.915. The smallest absolute Gasteiger partial charge is 0.335 e. The highest BCUT2D eigenvalue weighted by Gasteiger charge is 2.05. The minimum absolute atomic E-state index is 0.286. The predicted octanol–water partition coefficient (Wildman–Crippen LogP) is 2.05. The molecular formula is C10H8NO2. The van der Waals surface area contributed by atoms with E-state index in [9.17, 15) is 4.79 Å². The number of aromatic carboxylic acids is 1. The summed E-state index contributed by atoms with van der Waals surface area (Å²) < 4.78 is 0. The van der Waals surface area contributed by atoms with Gasteiger partial charge in [0.25, 0.3) is 0 Å². The third-order valence-corrected chi connectivity index (χ3v) is 2.01. The van der Waals surface area contributed by atoms with E-state index < -0.39 is 5.97 Å². The highest BCUT2D eigenvalue weighted by Crippen LogP contribution is 2.18. The minimum Gasteiger partial charge on any atom is -0.478 e. The molecule has 1 radical (unpaired) electrons. The molecular weight excluding hydrogens is 166 g/mol. The average molecular weight is 174 g/mol. The zero-order valence-electron chi connectivity index (χ0n) is 6.87. The number of rotatable bonds is 1. The van der Waals surface area contributed by atoms with E-state index in [0.717, 1.165) is 16.5 Å². The fourth-order valence-corrected chi connectivity index (χ4v) is 1.32. The summed E-state index contributed by atoms with van der Waals surface area (Å²) in [6.07, 6.45) is 1.76. The summed E-state index contributed by atoms with van der Waals surface area (Å²) in [7, 11) is 0. The largest absolute Gasteiger partial charge is 0.478 e. The molecule has 1 heterocycles. The van der Waals surface area contributed by atoms with E-state index in [2.05, 4.69) is 11.9 Å². The van der Waals surface area contributed by atoms with Gasteiger partial charge in [0, 0.05) is 17.1 Å². The fourth-order valence-electron chi connectivity index (χ4n) is 1.32. The number of aromatic nitrogens is 1. The van der Waals surface area contributed by atoms with Crippen LogP contribution in [0.1, 0.15) is 15.9 Å². The van der Waals surface area contributed by atoms with Crippen LogP contribution in [0.15, 0.2) is 24.4 Å². The summed E-state index contributed by atoms with van der Waals surface area (Å²) in [6, 6.07) is 4.94. The van der Waals surface area contributed by atoms with Gasteiger partial charge in [0.2, 0.25) is 0 Å². The third kappa shape index (κ3) is 1.18. The van der Waals surface area contributed by atoms with E-state index in [1.807, 2.05) is 0 Å². The topological polar surface area (TPSA) is 53.1 Å².